The molecule has 7 nitrogen and oxygen atoms in total. The molecule has 1 heterocycles. The second-order valence-corrected chi connectivity index (χ2v) is 8.03. The van der Waals surface area contributed by atoms with Gasteiger partial charge in [0.1, 0.15) is 5.54 Å². The summed E-state index contributed by atoms with van der Waals surface area (Å²) in [6, 6.07) is 5.08. The van der Waals surface area contributed by atoms with Gasteiger partial charge in [0, 0.05) is 11.7 Å². The zero-order valence-corrected chi connectivity index (χ0v) is 13.8. The molecular weight excluding hydrogens is 322 g/mol. The van der Waals surface area contributed by atoms with Crippen molar-refractivity contribution in [3.8, 4) is 11.5 Å². The van der Waals surface area contributed by atoms with E-state index in [0.717, 1.165) is 0 Å². The third-order valence-corrected chi connectivity index (χ3v) is 6.59. The van der Waals surface area contributed by atoms with E-state index < -0.39 is 32.5 Å². The lowest BCUT2D eigenvalue weighted by molar-refractivity contribution is -0.145. The summed E-state index contributed by atoms with van der Waals surface area (Å²) in [6.07, 6.45) is 0. The minimum Gasteiger partial charge on any atom is -0.465 e. The number of benzene rings is 1. The Labute approximate surface area is 134 Å². The minimum atomic E-state index is -3.51. The minimum absolute atomic E-state index is 0.0862. The van der Waals surface area contributed by atoms with Gasteiger partial charge >= 0.3 is 5.97 Å². The molecule has 0 spiro atoms. The van der Waals surface area contributed by atoms with Crippen molar-refractivity contribution in [3.63, 3.8) is 0 Å². The van der Waals surface area contributed by atoms with Crippen LogP contribution in [-0.2, 0) is 19.4 Å². The average Bonchev–Trinajstić information content (AvgIpc) is 2.93. The second-order valence-electron chi connectivity index (χ2n) is 5.62. The van der Waals surface area contributed by atoms with Gasteiger partial charge in [-0.05, 0) is 24.6 Å². The maximum atomic E-state index is 12.4. The lowest BCUT2D eigenvalue weighted by Gasteiger charge is -2.11. The topological polar surface area (TPSA) is 105 Å². The number of ether oxygens (including phenoxy) is 3. The molecule has 0 radical (unpaired) electrons. The number of rotatable bonds is 5. The molecule has 23 heavy (non-hydrogen) atoms. The number of nitrogens with two attached hydrogens (primary N) is 1. The quantitative estimate of drug-likeness (QED) is 0.781. The summed E-state index contributed by atoms with van der Waals surface area (Å²) in [4.78, 5) is 12.2. The van der Waals surface area contributed by atoms with Gasteiger partial charge in [0.2, 0.25) is 6.79 Å². The highest BCUT2D eigenvalue weighted by molar-refractivity contribution is 7.92. The monoisotopic (exact) mass is 341 g/mol. The Hall–Kier alpha value is -1.80. The first-order valence-electron chi connectivity index (χ1n) is 7.43. The average molecular weight is 341 g/mol. The fraction of sp³-hybridized carbons (Fsp3) is 0.533. The summed E-state index contributed by atoms with van der Waals surface area (Å²) in [5.41, 5.74) is 5.25. The van der Waals surface area contributed by atoms with Crippen molar-refractivity contribution >= 4 is 15.8 Å². The Bertz CT molecular complexity index is 746. The van der Waals surface area contributed by atoms with E-state index in [-0.39, 0.29) is 19.2 Å². The zero-order chi connectivity index (χ0) is 16.8. The lowest BCUT2D eigenvalue weighted by Crippen LogP contribution is -2.41. The smallest absolute Gasteiger partial charge is 0.328 e. The number of carbonyl (C=O) groups is 1. The fourth-order valence-corrected chi connectivity index (χ4v) is 5.03. The number of hydrogen-bond donors (Lipinski definition) is 1. The van der Waals surface area contributed by atoms with Crippen molar-refractivity contribution in [1.82, 2.24) is 0 Å². The molecule has 0 unspecified atom stereocenters. The fourth-order valence-electron chi connectivity index (χ4n) is 3.11. The summed E-state index contributed by atoms with van der Waals surface area (Å²) in [5.74, 6) is -0.320. The van der Waals surface area contributed by atoms with Gasteiger partial charge in [-0.3, -0.25) is 0 Å². The third-order valence-electron chi connectivity index (χ3n) is 4.35. The molecule has 0 amide bonds. The van der Waals surface area contributed by atoms with Gasteiger partial charge in [-0.2, -0.15) is 0 Å². The summed E-state index contributed by atoms with van der Waals surface area (Å²) >= 11 is 0. The van der Waals surface area contributed by atoms with Crippen molar-refractivity contribution in [2.75, 3.05) is 19.2 Å². The van der Waals surface area contributed by atoms with E-state index in [1.165, 1.54) is 6.92 Å². The van der Waals surface area contributed by atoms with Crippen LogP contribution in [0.3, 0.4) is 0 Å². The zero-order valence-electron chi connectivity index (χ0n) is 12.9. The van der Waals surface area contributed by atoms with Gasteiger partial charge in [0.15, 0.2) is 21.3 Å². The van der Waals surface area contributed by atoms with Crippen LogP contribution in [0.1, 0.15) is 25.3 Å². The first-order chi connectivity index (χ1) is 10.9. The van der Waals surface area contributed by atoms with Gasteiger partial charge in [-0.1, -0.05) is 13.0 Å². The molecule has 2 N–H and O–H groups in total. The van der Waals surface area contributed by atoms with Crippen LogP contribution >= 0.6 is 0 Å². The van der Waals surface area contributed by atoms with Gasteiger partial charge in [0.25, 0.3) is 0 Å². The highest BCUT2D eigenvalue weighted by atomic mass is 32.2. The molecule has 1 aromatic carbocycles. The van der Waals surface area contributed by atoms with Crippen molar-refractivity contribution in [2.24, 2.45) is 5.73 Å². The Balaban J connectivity index is 2.00. The predicted octanol–water partition coefficient (Wildman–Crippen LogP) is 0.576. The van der Waals surface area contributed by atoms with E-state index in [1.807, 2.05) is 0 Å². The van der Waals surface area contributed by atoms with Crippen molar-refractivity contribution < 1.29 is 27.4 Å². The molecule has 0 bridgehead atoms. The van der Waals surface area contributed by atoms with Crippen molar-refractivity contribution in [3.05, 3.63) is 23.8 Å². The number of sulfone groups is 1. The van der Waals surface area contributed by atoms with Gasteiger partial charge < -0.3 is 19.9 Å². The molecular formula is C15H19NO6S. The van der Waals surface area contributed by atoms with Gasteiger partial charge in [-0.25, -0.2) is 13.2 Å². The first kappa shape index (κ1) is 16.1. The van der Waals surface area contributed by atoms with E-state index in [9.17, 15) is 13.2 Å². The Kier molecular flexibility index (Phi) is 3.76. The van der Waals surface area contributed by atoms with Gasteiger partial charge in [-0.15, -0.1) is 0 Å². The SMILES string of the molecule is CCOC(=O)[C@@]1(N)[C@H](S(=O)(=O)CC)[C@@H]1c1ccc2c(c1)OCO2. The first-order valence-corrected chi connectivity index (χ1v) is 9.15. The summed E-state index contributed by atoms with van der Waals surface area (Å²) in [7, 11) is -3.51. The molecule has 1 fully saturated rings. The maximum Gasteiger partial charge on any atom is 0.328 e. The van der Waals surface area contributed by atoms with Crippen LogP contribution in [-0.4, -0.2) is 44.3 Å². The molecule has 0 saturated heterocycles. The van der Waals surface area contributed by atoms with Crippen LogP contribution in [0.15, 0.2) is 18.2 Å². The summed E-state index contributed by atoms with van der Waals surface area (Å²) in [5, 5.41) is -0.987. The van der Waals surface area contributed by atoms with Crippen molar-refractivity contribution in [2.45, 2.75) is 30.6 Å². The second kappa shape index (κ2) is 5.38. The van der Waals surface area contributed by atoms with Crippen LogP contribution in [0.5, 0.6) is 11.5 Å². The molecule has 1 aromatic rings. The van der Waals surface area contributed by atoms with Crippen LogP contribution < -0.4 is 15.2 Å². The van der Waals surface area contributed by atoms with E-state index >= 15 is 0 Å². The predicted molar refractivity (Wildman–Crippen MR) is 82.1 cm³/mol. The standard InChI is InChI=1S/C15H19NO6S/c1-3-20-14(17)15(16)12(13(15)23(18,19)4-2)9-5-6-10-11(7-9)22-8-21-10/h5-7,12-13H,3-4,8,16H2,1-2H3/t12-,13+,15-/m0/s1. The molecule has 1 aliphatic carbocycles. The van der Waals surface area contributed by atoms with Crippen LogP contribution in [0.2, 0.25) is 0 Å². The highest BCUT2D eigenvalue weighted by Gasteiger charge is 2.74. The van der Waals surface area contributed by atoms with E-state index in [1.54, 1.807) is 25.1 Å². The van der Waals surface area contributed by atoms with Crippen LogP contribution in [0, 0.1) is 0 Å². The molecule has 0 aromatic heterocycles. The number of carbonyl (C=O) groups excluding carboxylic acids is 1. The van der Waals surface area contributed by atoms with E-state index in [2.05, 4.69) is 0 Å². The van der Waals surface area contributed by atoms with Crippen molar-refractivity contribution in [1.29, 1.82) is 0 Å². The van der Waals surface area contributed by atoms with Crippen LogP contribution in [0.4, 0.5) is 0 Å². The molecule has 1 aliphatic heterocycles. The largest absolute Gasteiger partial charge is 0.465 e. The molecule has 126 valence electrons. The summed E-state index contributed by atoms with van der Waals surface area (Å²) in [6.45, 7) is 3.45. The number of fused-ring (bicyclic) bond motifs is 1. The normalized spacial score (nSPS) is 28.5. The molecule has 3 atom stereocenters. The Morgan fingerprint density at radius 2 is 2.04 bits per heavy atom. The Morgan fingerprint density at radius 3 is 2.70 bits per heavy atom. The highest BCUT2D eigenvalue weighted by Crippen LogP contribution is 2.56. The molecule has 1 saturated carbocycles. The molecule has 2 aliphatic rings. The number of hydrogen-bond acceptors (Lipinski definition) is 7. The van der Waals surface area contributed by atoms with E-state index in [4.69, 9.17) is 19.9 Å². The van der Waals surface area contributed by atoms with E-state index in [0.29, 0.717) is 17.1 Å². The Morgan fingerprint density at radius 1 is 1.35 bits per heavy atom. The van der Waals surface area contributed by atoms with Crippen LogP contribution in [0.25, 0.3) is 0 Å². The maximum absolute atomic E-state index is 12.4. The number of esters is 1. The summed E-state index contributed by atoms with van der Waals surface area (Å²) < 4.78 is 40.3. The lowest BCUT2D eigenvalue weighted by atomic mass is 10.1. The van der Waals surface area contributed by atoms with Gasteiger partial charge in [0.05, 0.1) is 11.9 Å². The molecule has 3 rings (SSSR count). The third kappa shape index (κ3) is 2.36. The molecule has 8 heteroatoms.